The molecular weight excluding hydrogens is 449 g/mol. The monoisotopic (exact) mass is 471 g/mol. The van der Waals surface area contributed by atoms with Gasteiger partial charge in [-0.3, -0.25) is 4.99 Å². The average molecular weight is 472 g/mol. The van der Waals surface area contributed by atoms with Crippen molar-refractivity contribution in [3.8, 4) is 11.5 Å². The third kappa shape index (κ3) is 6.29. The van der Waals surface area contributed by atoms with Crippen molar-refractivity contribution in [2.24, 2.45) is 4.99 Å². The van der Waals surface area contributed by atoms with Gasteiger partial charge in [0.2, 0.25) is 0 Å². The highest BCUT2D eigenvalue weighted by atomic mass is 127. The zero-order valence-corrected chi connectivity index (χ0v) is 16.7. The molecule has 0 bridgehead atoms. The second-order valence-corrected chi connectivity index (χ2v) is 5.02. The Labute approximate surface area is 152 Å². The third-order valence-corrected chi connectivity index (χ3v) is 3.31. The van der Waals surface area contributed by atoms with E-state index in [4.69, 9.17) is 9.47 Å². The largest absolute Gasteiger partial charge is 0.493 e. The Morgan fingerprint density at radius 1 is 1.24 bits per heavy atom. The second-order valence-electron chi connectivity index (χ2n) is 4.17. The van der Waals surface area contributed by atoms with Gasteiger partial charge in [-0.05, 0) is 40.0 Å². The lowest BCUT2D eigenvalue weighted by molar-refractivity contribution is 0.352. The molecule has 0 aliphatic heterocycles. The highest BCUT2D eigenvalue weighted by Crippen LogP contribution is 2.36. The zero-order chi connectivity index (χ0) is 15.0. The van der Waals surface area contributed by atoms with Crippen molar-refractivity contribution in [1.82, 2.24) is 10.6 Å². The minimum atomic E-state index is 0. The van der Waals surface area contributed by atoms with E-state index in [0.29, 0.717) is 18.0 Å². The number of nitrogens with one attached hydrogen (secondary N) is 2. The van der Waals surface area contributed by atoms with Crippen LogP contribution in [0.15, 0.2) is 21.6 Å². The molecule has 120 valence electrons. The maximum Gasteiger partial charge on any atom is 0.191 e. The molecule has 0 unspecified atom stereocenters. The first-order chi connectivity index (χ1) is 9.65. The van der Waals surface area contributed by atoms with E-state index in [2.05, 4.69) is 38.5 Å². The summed E-state index contributed by atoms with van der Waals surface area (Å²) in [6, 6.07) is 3.95. The second kappa shape index (κ2) is 10.9. The highest BCUT2D eigenvalue weighted by Gasteiger charge is 2.10. The Morgan fingerprint density at radius 2 is 1.95 bits per heavy atom. The van der Waals surface area contributed by atoms with Gasteiger partial charge in [0.1, 0.15) is 0 Å². The zero-order valence-electron chi connectivity index (χ0n) is 12.8. The fraction of sp³-hybridized carbons (Fsp3) is 0.500. The topological polar surface area (TPSA) is 54.9 Å². The van der Waals surface area contributed by atoms with Gasteiger partial charge in [-0.2, -0.15) is 0 Å². The molecule has 0 fully saturated rings. The number of halogens is 2. The molecular formula is C14H23BrIN3O2. The molecule has 5 nitrogen and oxygen atoms in total. The Bertz CT molecular complexity index is 470. The van der Waals surface area contributed by atoms with Crippen LogP contribution in [0.4, 0.5) is 0 Å². The van der Waals surface area contributed by atoms with E-state index >= 15 is 0 Å². The van der Waals surface area contributed by atoms with Crippen LogP contribution in [0.5, 0.6) is 11.5 Å². The summed E-state index contributed by atoms with van der Waals surface area (Å²) in [5.74, 6) is 2.19. The molecule has 0 amide bonds. The maximum atomic E-state index is 5.33. The van der Waals surface area contributed by atoms with Crippen LogP contribution in [0.3, 0.4) is 0 Å². The normalized spacial score (nSPS) is 10.6. The lowest BCUT2D eigenvalue weighted by atomic mass is 10.2. The lowest BCUT2D eigenvalue weighted by Crippen LogP contribution is -2.37. The standard InChI is InChI=1S/C14H22BrN3O2.HI/c1-5-6-17-14(16-2)18-9-10-7-11(15)13(20-4)12(8-10)19-3;/h7-8H,5-6,9H2,1-4H3,(H2,16,17,18);1H. The molecule has 1 rings (SSSR count). The molecule has 0 radical (unpaired) electrons. The minimum absolute atomic E-state index is 0. The first kappa shape index (κ1) is 20.3. The molecule has 0 spiro atoms. The average Bonchev–Trinajstić information content (AvgIpc) is 2.46. The summed E-state index contributed by atoms with van der Waals surface area (Å²) in [6.45, 7) is 3.67. The van der Waals surface area contributed by atoms with Gasteiger partial charge in [-0.1, -0.05) is 6.92 Å². The Morgan fingerprint density at radius 3 is 2.48 bits per heavy atom. The van der Waals surface area contributed by atoms with Crippen molar-refractivity contribution in [2.45, 2.75) is 19.9 Å². The van der Waals surface area contributed by atoms with Crippen LogP contribution in [0.25, 0.3) is 0 Å². The number of nitrogens with zero attached hydrogens (tertiary/aromatic N) is 1. The predicted octanol–water partition coefficient (Wildman–Crippen LogP) is 3.16. The number of aliphatic imine (C=N–C) groups is 1. The van der Waals surface area contributed by atoms with Crippen LogP contribution >= 0.6 is 39.9 Å². The van der Waals surface area contributed by atoms with E-state index in [9.17, 15) is 0 Å². The van der Waals surface area contributed by atoms with Crippen LogP contribution < -0.4 is 20.1 Å². The van der Waals surface area contributed by atoms with E-state index in [-0.39, 0.29) is 24.0 Å². The number of hydrogen-bond acceptors (Lipinski definition) is 3. The fourth-order valence-corrected chi connectivity index (χ4v) is 2.37. The van der Waals surface area contributed by atoms with Crippen molar-refractivity contribution < 1.29 is 9.47 Å². The van der Waals surface area contributed by atoms with Gasteiger partial charge in [-0.15, -0.1) is 24.0 Å². The van der Waals surface area contributed by atoms with Gasteiger partial charge in [-0.25, -0.2) is 0 Å². The van der Waals surface area contributed by atoms with Crippen molar-refractivity contribution in [3.05, 3.63) is 22.2 Å². The Kier molecular flexibility index (Phi) is 10.6. The third-order valence-electron chi connectivity index (χ3n) is 2.72. The number of ether oxygens (including phenoxy) is 2. The van der Waals surface area contributed by atoms with Crippen LogP contribution in [0.1, 0.15) is 18.9 Å². The molecule has 0 aliphatic rings. The van der Waals surface area contributed by atoms with Gasteiger partial charge >= 0.3 is 0 Å². The SMILES string of the molecule is CCCNC(=NC)NCc1cc(Br)c(OC)c(OC)c1.I. The van der Waals surface area contributed by atoms with Gasteiger partial charge in [0.25, 0.3) is 0 Å². The van der Waals surface area contributed by atoms with E-state index in [0.717, 1.165) is 29.0 Å². The van der Waals surface area contributed by atoms with Gasteiger partial charge in [0.05, 0.1) is 18.7 Å². The molecule has 7 heteroatoms. The summed E-state index contributed by atoms with van der Waals surface area (Å²) >= 11 is 3.49. The maximum absolute atomic E-state index is 5.33. The molecule has 1 aromatic rings. The highest BCUT2D eigenvalue weighted by molar-refractivity contribution is 14.0. The van der Waals surface area contributed by atoms with Crippen LogP contribution in [0, 0.1) is 0 Å². The summed E-state index contributed by atoms with van der Waals surface area (Å²) in [5.41, 5.74) is 1.08. The fourth-order valence-electron chi connectivity index (χ4n) is 1.72. The van der Waals surface area contributed by atoms with Gasteiger partial charge < -0.3 is 20.1 Å². The van der Waals surface area contributed by atoms with Gasteiger partial charge in [0, 0.05) is 20.1 Å². The first-order valence-electron chi connectivity index (χ1n) is 6.51. The minimum Gasteiger partial charge on any atom is -0.493 e. The number of guanidine groups is 1. The van der Waals surface area contributed by atoms with E-state index in [1.54, 1.807) is 21.3 Å². The van der Waals surface area contributed by atoms with E-state index in [1.165, 1.54) is 0 Å². The molecule has 2 N–H and O–H groups in total. The molecule has 0 saturated carbocycles. The Balaban J connectivity index is 0.00000400. The summed E-state index contributed by atoms with van der Waals surface area (Å²) in [6.07, 6.45) is 1.06. The smallest absolute Gasteiger partial charge is 0.191 e. The summed E-state index contributed by atoms with van der Waals surface area (Å²) < 4.78 is 11.5. The van der Waals surface area contributed by atoms with Gasteiger partial charge in [0.15, 0.2) is 17.5 Å². The molecule has 1 aromatic carbocycles. The molecule has 0 aliphatic carbocycles. The van der Waals surface area contributed by atoms with E-state index < -0.39 is 0 Å². The quantitative estimate of drug-likeness (QED) is 0.380. The number of methoxy groups -OCH3 is 2. The molecule has 0 saturated heterocycles. The van der Waals surface area contributed by atoms with Crippen molar-refractivity contribution in [1.29, 1.82) is 0 Å². The van der Waals surface area contributed by atoms with Crippen molar-refractivity contribution in [3.63, 3.8) is 0 Å². The molecule has 0 atom stereocenters. The number of benzene rings is 1. The number of hydrogen-bond donors (Lipinski definition) is 2. The molecule has 21 heavy (non-hydrogen) atoms. The lowest BCUT2D eigenvalue weighted by Gasteiger charge is -2.14. The number of rotatable bonds is 6. The van der Waals surface area contributed by atoms with Crippen molar-refractivity contribution >= 4 is 45.9 Å². The van der Waals surface area contributed by atoms with Crippen LogP contribution in [-0.4, -0.2) is 33.8 Å². The van der Waals surface area contributed by atoms with E-state index in [1.807, 2.05) is 12.1 Å². The first-order valence-corrected chi connectivity index (χ1v) is 7.30. The summed E-state index contributed by atoms with van der Waals surface area (Å²) in [4.78, 5) is 4.17. The summed E-state index contributed by atoms with van der Waals surface area (Å²) in [7, 11) is 5.01. The van der Waals surface area contributed by atoms with Crippen LogP contribution in [0.2, 0.25) is 0 Å². The molecule has 0 aromatic heterocycles. The summed E-state index contributed by atoms with van der Waals surface area (Å²) in [5, 5.41) is 6.48. The van der Waals surface area contributed by atoms with Crippen LogP contribution in [-0.2, 0) is 6.54 Å². The van der Waals surface area contributed by atoms with Crippen molar-refractivity contribution in [2.75, 3.05) is 27.8 Å². The molecule has 0 heterocycles. The predicted molar refractivity (Wildman–Crippen MR) is 101 cm³/mol. The Hall–Kier alpha value is -0.700.